The molecule has 198 valence electrons. The molecule has 0 fully saturated rings. The Bertz CT molecular complexity index is 928. The van der Waals surface area contributed by atoms with Crippen molar-refractivity contribution >= 4 is 37.4 Å². The number of phenolic OH excluding ortho intramolecular Hbond substituents is 1. The van der Waals surface area contributed by atoms with Crippen LogP contribution in [0.5, 0.6) is 11.5 Å². The van der Waals surface area contributed by atoms with Crippen LogP contribution in [0.1, 0.15) is 113 Å². The topological polar surface area (TPSA) is 87.0 Å². The molecule has 2 aromatic rings. The summed E-state index contributed by atoms with van der Waals surface area (Å²) in [4.78, 5) is 18.9. The van der Waals surface area contributed by atoms with Gasteiger partial charge >= 0.3 is 37.4 Å². The molecule has 0 saturated heterocycles. The summed E-state index contributed by atoms with van der Waals surface area (Å²) < 4.78 is 16.7. The Morgan fingerprint density at radius 1 is 0.694 bits per heavy atom. The molecule has 5 nitrogen and oxygen atoms in total. The Morgan fingerprint density at radius 3 is 1.72 bits per heavy atom. The summed E-state index contributed by atoms with van der Waals surface area (Å²) in [5.74, 6) is 0.596. The number of benzene rings is 2. The molecule has 0 heterocycles. The van der Waals surface area contributed by atoms with E-state index in [1.165, 1.54) is 51.4 Å². The van der Waals surface area contributed by atoms with Crippen molar-refractivity contribution in [1.82, 2.24) is 0 Å². The number of unbranched alkanes of at least 4 members (excludes halogenated alkanes) is 10. The monoisotopic (exact) mass is 528 g/mol. The quantitative estimate of drug-likeness (QED) is 0.105. The molecule has 0 bridgehead atoms. The van der Waals surface area contributed by atoms with E-state index in [1.54, 1.807) is 18.2 Å². The van der Waals surface area contributed by atoms with Gasteiger partial charge in [0.15, 0.2) is 0 Å². The van der Waals surface area contributed by atoms with Crippen molar-refractivity contribution in [3.63, 3.8) is 0 Å². The zero-order valence-electron chi connectivity index (χ0n) is 21.7. The molecule has 7 heteroatoms. The third-order valence-electron chi connectivity index (χ3n) is 6.64. The first-order valence-corrected chi connectivity index (χ1v) is 15.0. The molecule has 0 aliphatic heterocycles. The second kappa shape index (κ2) is 18.4. The van der Waals surface area contributed by atoms with E-state index in [-0.39, 0.29) is 35.3 Å². The fourth-order valence-electron chi connectivity index (χ4n) is 4.72. The van der Waals surface area contributed by atoms with Gasteiger partial charge in [-0.05, 0) is 66.5 Å². The molecule has 2 rings (SSSR count). The van der Waals surface area contributed by atoms with Gasteiger partial charge < -0.3 is 9.63 Å². The van der Waals surface area contributed by atoms with Crippen LogP contribution in [-0.4, -0.2) is 44.5 Å². The Morgan fingerprint density at radius 2 is 1.17 bits per heavy atom. The number of aromatic hydroxyl groups is 1. The molecule has 36 heavy (non-hydrogen) atoms. The van der Waals surface area contributed by atoms with Gasteiger partial charge in [-0.3, -0.25) is 9.79 Å². The van der Waals surface area contributed by atoms with E-state index in [2.05, 4.69) is 19.9 Å². The van der Waals surface area contributed by atoms with Crippen molar-refractivity contribution in [3.05, 3.63) is 58.7 Å². The Kier molecular flexibility index (Phi) is 17.0. The average Bonchev–Trinajstić information content (AvgIpc) is 2.80. The summed E-state index contributed by atoms with van der Waals surface area (Å²) in [5, 5.41) is 10.6. The number of phenols is 1. The van der Waals surface area contributed by atoms with Crippen LogP contribution in [-0.2, 0) is 23.8 Å². The van der Waals surface area contributed by atoms with Gasteiger partial charge in [-0.1, -0.05) is 102 Å². The van der Waals surface area contributed by atoms with Gasteiger partial charge in [0.25, 0.3) is 0 Å². The van der Waals surface area contributed by atoms with Gasteiger partial charge in [0, 0.05) is 0 Å². The maximum absolute atomic E-state index is 11.6. The van der Waals surface area contributed by atoms with E-state index in [0.29, 0.717) is 18.6 Å². The van der Waals surface area contributed by atoms with Gasteiger partial charge in [0.05, 0.1) is 0 Å². The summed E-state index contributed by atoms with van der Waals surface area (Å²) in [6.45, 7) is 4.42. The van der Waals surface area contributed by atoms with Crippen molar-refractivity contribution in [1.29, 1.82) is 0 Å². The number of phosphoric ester groups is 1. The molecule has 0 aromatic heterocycles. The fourth-order valence-corrected chi connectivity index (χ4v) is 5.15. The van der Waals surface area contributed by atoms with Gasteiger partial charge in [0.2, 0.25) is 0 Å². The van der Waals surface area contributed by atoms with E-state index in [1.807, 2.05) is 12.1 Å². The second-order valence-corrected chi connectivity index (χ2v) is 10.8. The number of rotatable bonds is 18. The standard InChI is InChI=1S/C29H45O5P.Na.H/c1-3-5-7-9-11-13-19-26-24(17-15-21-28(26)30)23-25-18-16-22-29(34-35(31,32)33)27(25)20-14-12-10-8-6-4-2;;/h15-18,21-22,30H,3-14,19-20,23H2,1-2H3,(H2,31,32,33);;. The first-order chi connectivity index (χ1) is 16.9. The van der Waals surface area contributed by atoms with Crippen LogP contribution < -0.4 is 4.52 Å². The van der Waals surface area contributed by atoms with Gasteiger partial charge in [-0.25, -0.2) is 4.57 Å². The summed E-state index contributed by atoms with van der Waals surface area (Å²) in [6, 6.07) is 11.1. The second-order valence-electron chi connectivity index (χ2n) is 9.60. The minimum atomic E-state index is -4.65. The number of hydrogen-bond acceptors (Lipinski definition) is 3. The van der Waals surface area contributed by atoms with Gasteiger partial charge in [0.1, 0.15) is 11.5 Å². The predicted octanol–water partition coefficient (Wildman–Crippen LogP) is 7.61. The van der Waals surface area contributed by atoms with Crippen LogP contribution in [0, 0.1) is 0 Å². The van der Waals surface area contributed by atoms with Crippen molar-refractivity contribution in [3.8, 4) is 11.5 Å². The van der Waals surface area contributed by atoms with Gasteiger partial charge in [-0.15, -0.1) is 0 Å². The number of phosphoric acid groups is 1. The zero-order chi connectivity index (χ0) is 25.5. The molecular formula is C29H46NaO5P. The molecular weight excluding hydrogens is 482 g/mol. The minimum absolute atomic E-state index is 0. The molecule has 2 aromatic carbocycles. The van der Waals surface area contributed by atoms with E-state index in [4.69, 9.17) is 4.52 Å². The third-order valence-corrected chi connectivity index (χ3v) is 7.07. The molecule has 0 spiro atoms. The van der Waals surface area contributed by atoms with Crippen molar-refractivity contribution < 1.29 is 24.0 Å². The van der Waals surface area contributed by atoms with Crippen LogP contribution in [0.4, 0.5) is 0 Å². The molecule has 0 aliphatic rings. The Hall–Kier alpha value is -0.810. The van der Waals surface area contributed by atoms with E-state index < -0.39 is 7.82 Å². The first kappa shape index (κ1) is 33.2. The SMILES string of the molecule is CCCCCCCCc1c(O)cccc1Cc1cccc(OP(=O)(O)O)c1CCCCCCCC.[NaH]. The molecule has 0 amide bonds. The molecule has 0 saturated carbocycles. The van der Waals surface area contributed by atoms with Crippen LogP contribution in [0.15, 0.2) is 36.4 Å². The van der Waals surface area contributed by atoms with Gasteiger partial charge in [-0.2, -0.15) is 0 Å². The first-order valence-electron chi connectivity index (χ1n) is 13.5. The summed E-state index contributed by atoms with van der Waals surface area (Å²) >= 11 is 0. The average molecular weight is 529 g/mol. The maximum atomic E-state index is 11.6. The zero-order valence-corrected chi connectivity index (χ0v) is 22.6. The summed E-state index contributed by atoms with van der Waals surface area (Å²) in [7, 11) is -4.65. The molecule has 0 aliphatic carbocycles. The van der Waals surface area contributed by atoms with E-state index in [9.17, 15) is 19.5 Å². The van der Waals surface area contributed by atoms with Crippen LogP contribution in [0.25, 0.3) is 0 Å². The van der Waals surface area contributed by atoms with Crippen LogP contribution in [0.2, 0.25) is 0 Å². The van der Waals surface area contributed by atoms with Crippen molar-refractivity contribution in [2.24, 2.45) is 0 Å². The van der Waals surface area contributed by atoms with Crippen LogP contribution in [0.3, 0.4) is 0 Å². The van der Waals surface area contributed by atoms with E-state index in [0.717, 1.165) is 54.4 Å². The molecule has 0 atom stereocenters. The molecule has 3 N–H and O–H groups in total. The normalized spacial score (nSPS) is 11.3. The van der Waals surface area contributed by atoms with Crippen molar-refractivity contribution in [2.75, 3.05) is 0 Å². The molecule has 0 radical (unpaired) electrons. The van der Waals surface area contributed by atoms with E-state index >= 15 is 0 Å². The summed E-state index contributed by atoms with van der Waals surface area (Å²) in [5.41, 5.74) is 3.91. The fraction of sp³-hybridized carbons (Fsp3) is 0.586. The number of hydrogen-bond donors (Lipinski definition) is 3. The van der Waals surface area contributed by atoms with Crippen molar-refractivity contribution in [2.45, 2.75) is 110 Å². The predicted molar refractivity (Wildman–Crippen MR) is 151 cm³/mol. The summed E-state index contributed by atoms with van der Waals surface area (Å²) in [6.07, 6.45) is 16.2. The Balaban J connectivity index is 0.00000648. The Labute approximate surface area is 240 Å². The van der Waals surface area contributed by atoms with Crippen LogP contribution >= 0.6 is 7.82 Å². The molecule has 0 unspecified atom stereocenters. The third kappa shape index (κ3) is 12.6.